The highest BCUT2D eigenvalue weighted by Gasteiger charge is 2.21. The SMILES string of the molecule is CCN(CC)C(CNC(=NC)NC1CC=CC1)c1ccco1.I. The van der Waals surface area contributed by atoms with E-state index in [1.807, 2.05) is 19.2 Å². The highest BCUT2D eigenvalue weighted by Crippen LogP contribution is 2.20. The predicted octanol–water partition coefficient (Wildman–Crippen LogP) is 3.16. The first kappa shape index (κ1) is 20.0. The normalized spacial score (nSPS) is 16.4. The van der Waals surface area contributed by atoms with Crippen LogP contribution in [0.15, 0.2) is 40.0 Å². The number of rotatable bonds is 7. The van der Waals surface area contributed by atoms with Crippen LogP contribution in [0.25, 0.3) is 0 Å². The Morgan fingerprint density at radius 3 is 2.57 bits per heavy atom. The number of guanidine groups is 1. The number of likely N-dealkylation sites (N-methyl/N-ethyl adjacent to an activating group) is 1. The first-order valence-electron chi connectivity index (χ1n) is 8.18. The lowest BCUT2D eigenvalue weighted by atomic mass is 10.2. The molecule has 1 aliphatic rings. The van der Waals surface area contributed by atoms with Crippen molar-refractivity contribution in [1.29, 1.82) is 0 Å². The summed E-state index contributed by atoms with van der Waals surface area (Å²) in [7, 11) is 1.82. The van der Waals surface area contributed by atoms with Crippen LogP contribution >= 0.6 is 24.0 Å². The zero-order valence-corrected chi connectivity index (χ0v) is 16.6. The zero-order chi connectivity index (χ0) is 15.8. The van der Waals surface area contributed by atoms with Crippen LogP contribution in [0.5, 0.6) is 0 Å². The van der Waals surface area contributed by atoms with E-state index in [1.165, 1.54) is 0 Å². The van der Waals surface area contributed by atoms with E-state index in [4.69, 9.17) is 4.42 Å². The fourth-order valence-corrected chi connectivity index (χ4v) is 2.87. The predicted molar refractivity (Wildman–Crippen MR) is 106 cm³/mol. The number of hydrogen-bond donors (Lipinski definition) is 2. The molecule has 6 heteroatoms. The zero-order valence-electron chi connectivity index (χ0n) is 14.3. The average Bonchev–Trinajstić information content (AvgIpc) is 3.23. The van der Waals surface area contributed by atoms with Gasteiger partial charge in [0.05, 0.1) is 12.3 Å². The minimum atomic E-state index is 0. The van der Waals surface area contributed by atoms with E-state index in [2.05, 4.69) is 46.5 Å². The summed E-state index contributed by atoms with van der Waals surface area (Å²) < 4.78 is 5.63. The molecule has 0 amide bonds. The van der Waals surface area contributed by atoms with Crippen LogP contribution in [-0.2, 0) is 0 Å². The summed E-state index contributed by atoms with van der Waals surface area (Å²) in [5.74, 6) is 1.85. The van der Waals surface area contributed by atoms with E-state index in [-0.39, 0.29) is 30.0 Å². The van der Waals surface area contributed by atoms with Crippen molar-refractivity contribution in [2.75, 3.05) is 26.7 Å². The molecular weight excluding hydrogens is 403 g/mol. The topological polar surface area (TPSA) is 52.8 Å². The van der Waals surface area contributed by atoms with Crippen molar-refractivity contribution in [1.82, 2.24) is 15.5 Å². The van der Waals surface area contributed by atoms with Crippen molar-refractivity contribution in [3.05, 3.63) is 36.3 Å². The lowest BCUT2D eigenvalue weighted by molar-refractivity contribution is 0.193. The maximum Gasteiger partial charge on any atom is 0.191 e. The molecule has 1 aliphatic carbocycles. The van der Waals surface area contributed by atoms with Crippen LogP contribution in [0.4, 0.5) is 0 Å². The number of halogens is 1. The Morgan fingerprint density at radius 1 is 1.35 bits per heavy atom. The number of nitrogens with one attached hydrogen (secondary N) is 2. The molecule has 1 aromatic heterocycles. The summed E-state index contributed by atoms with van der Waals surface area (Å²) in [6, 6.07) is 4.66. The first-order valence-corrected chi connectivity index (χ1v) is 8.18. The van der Waals surface area contributed by atoms with Gasteiger partial charge in [0, 0.05) is 19.6 Å². The fourth-order valence-electron chi connectivity index (χ4n) is 2.87. The van der Waals surface area contributed by atoms with Gasteiger partial charge in [-0.3, -0.25) is 9.89 Å². The van der Waals surface area contributed by atoms with Gasteiger partial charge in [0.1, 0.15) is 5.76 Å². The van der Waals surface area contributed by atoms with Crippen LogP contribution in [0, 0.1) is 0 Å². The smallest absolute Gasteiger partial charge is 0.191 e. The first-order chi connectivity index (χ1) is 10.8. The number of aliphatic imine (C=N–C) groups is 1. The molecule has 1 unspecified atom stereocenters. The van der Waals surface area contributed by atoms with Crippen molar-refractivity contribution < 1.29 is 4.42 Å². The standard InChI is InChI=1S/C17H28N4O.HI/c1-4-21(5-2)15(16-11-8-12-22-16)13-19-17(18-3)20-14-9-6-7-10-14;/h6-8,11-12,14-15H,4-5,9-10,13H2,1-3H3,(H2,18,19,20);1H. The van der Waals surface area contributed by atoms with Crippen molar-refractivity contribution >= 4 is 29.9 Å². The quantitative estimate of drug-likeness (QED) is 0.301. The number of hydrogen-bond acceptors (Lipinski definition) is 3. The van der Waals surface area contributed by atoms with E-state index in [1.54, 1.807) is 6.26 Å². The lowest BCUT2D eigenvalue weighted by Gasteiger charge is -2.29. The van der Waals surface area contributed by atoms with Crippen LogP contribution in [-0.4, -0.2) is 43.6 Å². The Kier molecular flexibility index (Phi) is 9.31. The van der Waals surface area contributed by atoms with Gasteiger partial charge in [-0.15, -0.1) is 24.0 Å². The van der Waals surface area contributed by atoms with Gasteiger partial charge in [0.15, 0.2) is 5.96 Å². The minimum Gasteiger partial charge on any atom is -0.468 e. The summed E-state index contributed by atoms with van der Waals surface area (Å²) in [5.41, 5.74) is 0. The lowest BCUT2D eigenvalue weighted by Crippen LogP contribution is -2.46. The van der Waals surface area contributed by atoms with Crippen LogP contribution < -0.4 is 10.6 Å². The second kappa shape index (κ2) is 10.7. The van der Waals surface area contributed by atoms with Gasteiger partial charge in [-0.05, 0) is 38.1 Å². The van der Waals surface area contributed by atoms with Gasteiger partial charge in [-0.2, -0.15) is 0 Å². The Morgan fingerprint density at radius 2 is 2.04 bits per heavy atom. The Hall–Kier alpha value is -1.02. The molecule has 1 aromatic rings. The third-order valence-corrected chi connectivity index (χ3v) is 4.16. The largest absolute Gasteiger partial charge is 0.468 e. The van der Waals surface area contributed by atoms with Crippen molar-refractivity contribution in [3.8, 4) is 0 Å². The molecule has 0 radical (unpaired) electrons. The van der Waals surface area contributed by atoms with Crippen LogP contribution in [0.1, 0.15) is 38.5 Å². The molecule has 2 rings (SSSR count). The van der Waals surface area contributed by atoms with Crippen LogP contribution in [0.2, 0.25) is 0 Å². The minimum absolute atomic E-state index is 0. The molecule has 1 atom stereocenters. The number of furan rings is 1. The van der Waals surface area contributed by atoms with E-state index in [9.17, 15) is 0 Å². The number of nitrogens with zero attached hydrogens (tertiary/aromatic N) is 2. The van der Waals surface area contributed by atoms with Crippen molar-refractivity contribution in [2.24, 2.45) is 4.99 Å². The van der Waals surface area contributed by atoms with Crippen LogP contribution in [0.3, 0.4) is 0 Å². The third kappa shape index (κ3) is 5.84. The molecule has 5 nitrogen and oxygen atoms in total. The van der Waals surface area contributed by atoms with Gasteiger partial charge in [0.25, 0.3) is 0 Å². The second-order valence-electron chi connectivity index (χ2n) is 5.49. The molecule has 1 heterocycles. The highest BCUT2D eigenvalue weighted by molar-refractivity contribution is 14.0. The van der Waals surface area contributed by atoms with Gasteiger partial charge in [-0.25, -0.2) is 0 Å². The van der Waals surface area contributed by atoms with E-state index in [0.29, 0.717) is 6.04 Å². The average molecular weight is 432 g/mol. The van der Waals surface area contributed by atoms with Gasteiger partial charge < -0.3 is 15.1 Å². The summed E-state index contributed by atoms with van der Waals surface area (Å²) in [6.45, 7) is 7.10. The van der Waals surface area contributed by atoms with E-state index >= 15 is 0 Å². The molecule has 0 fully saturated rings. The van der Waals surface area contributed by atoms with Gasteiger partial charge in [-0.1, -0.05) is 26.0 Å². The monoisotopic (exact) mass is 432 g/mol. The second-order valence-corrected chi connectivity index (χ2v) is 5.49. The van der Waals surface area contributed by atoms with Crippen molar-refractivity contribution in [3.63, 3.8) is 0 Å². The molecule has 0 aliphatic heterocycles. The molecular formula is C17H29IN4O. The fraction of sp³-hybridized carbons (Fsp3) is 0.588. The summed E-state index contributed by atoms with van der Waals surface area (Å²) in [4.78, 5) is 6.72. The third-order valence-electron chi connectivity index (χ3n) is 4.16. The summed E-state index contributed by atoms with van der Waals surface area (Å²) in [6.07, 6.45) is 8.30. The molecule has 0 spiro atoms. The maximum absolute atomic E-state index is 5.63. The van der Waals surface area contributed by atoms with Gasteiger partial charge in [0.2, 0.25) is 0 Å². The highest BCUT2D eigenvalue weighted by atomic mass is 127. The Balaban J connectivity index is 0.00000264. The molecule has 0 saturated carbocycles. The molecule has 0 bridgehead atoms. The summed E-state index contributed by atoms with van der Waals surface area (Å²) in [5, 5.41) is 6.91. The van der Waals surface area contributed by atoms with E-state index < -0.39 is 0 Å². The maximum atomic E-state index is 5.63. The summed E-state index contributed by atoms with van der Waals surface area (Å²) >= 11 is 0. The molecule has 23 heavy (non-hydrogen) atoms. The van der Waals surface area contributed by atoms with Gasteiger partial charge >= 0.3 is 0 Å². The van der Waals surface area contributed by atoms with Crippen molar-refractivity contribution in [2.45, 2.75) is 38.8 Å². The Bertz CT molecular complexity index is 475. The molecule has 0 aromatic carbocycles. The molecule has 0 saturated heterocycles. The molecule has 2 N–H and O–H groups in total. The Labute approximate surface area is 156 Å². The van der Waals surface area contributed by atoms with E-state index in [0.717, 1.165) is 44.2 Å². The molecule has 130 valence electrons.